The molecule has 0 bridgehead atoms. The summed E-state index contributed by atoms with van der Waals surface area (Å²) in [5, 5.41) is 15.3. The summed E-state index contributed by atoms with van der Waals surface area (Å²) in [4.78, 5) is 0. The van der Waals surface area contributed by atoms with Gasteiger partial charge in [-0.05, 0) is 110 Å². The van der Waals surface area contributed by atoms with Crippen LogP contribution in [-0.2, 0) is 0 Å². The zero-order valence-corrected chi connectivity index (χ0v) is 26.3. The Hall–Kier alpha value is -6.24. The lowest BCUT2D eigenvalue weighted by Gasteiger charge is -2.19. The SMILES string of the molecule is c1ccc2c(-c3c4ccccc4c(-c4ccc5cc(-c6cccc7ccccc67)c6ccccc6c5c4)c4ccccc34)cccc2c1. The van der Waals surface area contributed by atoms with Crippen LogP contribution in [0.3, 0.4) is 0 Å². The second-order valence-electron chi connectivity index (χ2n) is 12.8. The van der Waals surface area contributed by atoms with Crippen LogP contribution in [0.2, 0.25) is 0 Å². The van der Waals surface area contributed by atoms with Gasteiger partial charge in [0.25, 0.3) is 0 Å². The van der Waals surface area contributed by atoms with Crippen molar-refractivity contribution in [2.75, 3.05) is 0 Å². The normalized spacial score (nSPS) is 11.8. The molecule has 0 aromatic heterocycles. The minimum atomic E-state index is 1.24. The van der Waals surface area contributed by atoms with E-state index in [9.17, 15) is 0 Å². The molecule has 0 aliphatic rings. The fourth-order valence-corrected chi connectivity index (χ4v) is 8.11. The van der Waals surface area contributed by atoms with Crippen molar-refractivity contribution in [1.29, 1.82) is 0 Å². The Bertz CT molecular complexity index is 2820. The van der Waals surface area contributed by atoms with Gasteiger partial charge in [0.05, 0.1) is 0 Å². The monoisotopic (exact) mass is 606 g/mol. The van der Waals surface area contributed by atoms with Crippen LogP contribution >= 0.6 is 0 Å². The first-order valence-electron chi connectivity index (χ1n) is 16.7. The van der Waals surface area contributed by atoms with Gasteiger partial charge < -0.3 is 0 Å². The highest BCUT2D eigenvalue weighted by Gasteiger charge is 2.19. The Balaban J connectivity index is 1.27. The fourth-order valence-electron chi connectivity index (χ4n) is 8.11. The van der Waals surface area contributed by atoms with Crippen molar-refractivity contribution in [2.24, 2.45) is 0 Å². The molecule has 0 aliphatic carbocycles. The summed E-state index contributed by atoms with van der Waals surface area (Å²) in [6.45, 7) is 0. The zero-order chi connectivity index (χ0) is 31.6. The third-order valence-corrected chi connectivity index (χ3v) is 10.2. The Morgan fingerprint density at radius 2 is 0.667 bits per heavy atom. The van der Waals surface area contributed by atoms with E-state index in [0.29, 0.717) is 0 Å². The molecule has 0 unspecified atom stereocenters. The van der Waals surface area contributed by atoms with Gasteiger partial charge >= 0.3 is 0 Å². The van der Waals surface area contributed by atoms with Gasteiger partial charge in [0.2, 0.25) is 0 Å². The van der Waals surface area contributed by atoms with Crippen molar-refractivity contribution in [2.45, 2.75) is 0 Å². The van der Waals surface area contributed by atoms with Crippen molar-refractivity contribution in [1.82, 2.24) is 0 Å². The van der Waals surface area contributed by atoms with E-state index in [1.807, 2.05) is 0 Å². The van der Waals surface area contributed by atoms with Gasteiger partial charge in [0.1, 0.15) is 0 Å². The van der Waals surface area contributed by atoms with E-state index in [0.717, 1.165) is 0 Å². The maximum absolute atomic E-state index is 2.43. The molecule has 0 saturated carbocycles. The molecule has 10 rings (SSSR count). The average molecular weight is 607 g/mol. The summed E-state index contributed by atoms with van der Waals surface area (Å²) >= 11 is 0. The minimum absolute atomic E-state index is 1.24. The quantitative estimate of drug-likeness (QED) is 0.139. The Morgan fingerprint density at radius 1 is 0.208 bits per heavy atom. The second-order valence-corrected chi connectivity index (χ2v) is 12.8. The fraction of sp³-hybridized carbons (Fsp3) is 0. The second kappa shape index (κ2) is 10.7. The maximum Gasteiger partial charge on any atom is -0.00201 e. The third kappa shape index (κ3) is 4.03. The van der Waals surface area contributed by atoms with Crippen LogP contribution in [0.1, 0.15) is 0 Å². The van der Waals surface area contributed by atoms with E-state index in [2.05, 4.69) is 182 Å². The molecule has 10 aromatic carbocycles. The van der Waals surface area contributed by atoms with E-state index in [1.54, 1.807) is 0 Å². The molecule has 0 radical (unpaired) electrons. The summed E-state index contributed by atoms with van der Waals surface area (Å²) in [7, 11) is 0. The molecule has 10 aromatic rings. The first-order valence-corrected chi connectivity index (χ1v) is 16.7. The van der Waals surface area contributed by atoms with Crippen LogP contribution in [0, 0.1) is 0 Å². The van der Waals surface area contributed by atoms with Crippen LogP contribution in [0.4, 0.5) is 0 Å². The highest BCUT2D eigenvalue weighted by atomic mass is 14.2. The van der Waals surface area contributed by atoms with Crippen LogP contribution in [-0.4, -0.2) is 0 Å². The third-order valence-electron chi connectivity index (χ3n) is 10.2. The number of rotatable bonds is 3. The average Bonchev–Trinajstić information content (AvgIpc) is 3.16. The Labute approximate surface area is 279 Å². The summed E-state index contributed by atoms with van der Waals surface area (Å²) < 4.78 is 0. The summed E-state index contributed by atoms with van der Waals surface area (Å²) in [5.74, 6) is 0. The summed E-state index contributed by atoms with van der Waals surface area (Å²) in [6.07, 6.45) is 0. The van der Waals surface area contributed by atoms with E-state index in [1.165, 1.54) is 98.0 Å². The molecule has 0 heterocycles. The van der Waals surface area contributed by atoms with Crippen LogP contribution in [0.5, 0.6) is 0 Å². The summed E-state index contributed by atoms with van der Waals surface area (Å²) in [5.41, 5.74) is 7.65. The zero-order valence-electron chi connectivity index (χ0n) is 26.3. The van der Waals surface area contributed by atoms with Crippen molar-refractivity contribution in [3.05, 3.63) is 182 Å². The molecule has 0 amide bonds. The van der Waals surface area contributed by atoms with Gasteiger partial charge in [-0.2, -0.15) is 0 Å². The van der Waals surface area contributed by atoms with Crippen molar-refractivity contribution >= 4 is 64.6 Å². The van der Waals surface area contributed by atoms with Gasteiger partial charge in [-0.1, -0.05) is 170 Å². The first kappa shape index (κ1) is 26.9. The highest BCUT2D eigenvalue weighted by Crippen LogP contribution is 2.46. The molecule has 0 N–H and O–H groups in total. The molecule has 222 valence electrons. The topological polar surface area (TPSA) is 0 Å². The molecule has 0 spiro atoms. The molecule has 0 heteroatoms. The van der Waals surface area contributed by atoms with E-state index >= 15 is 0 Å². The van der Waals surface area contributed by atoms with Crippen molar-refractivity contribution in [3.8, 4) is 33.4 Å². The van der Waals surface area contributed by atoms with E-state index in [4.69, 9.17) is 0 Å². The number of hydrogen-bond acceptors (Lipinski definition) is 0. The number of hydrogen-bond donors (Lipinski definition) is 0. The van der Waals surface area contributed by atoms with Crippen LogP contribution in [0.25, 0.3) is 98.0 Å². The van der Waals surface area contributed by atoms with E-state index in [-0.39, 0.29) is 0 Å². The molecule has 0 nitrogen and oxygen atoms in total. The summed E-state index contributed by atoms with van der Waals surface area (Å²) in [6, 6.07) is 67.1. The van der Waals surface area contributed by atoms with E-state index < -0.39 is 0 Å². The van der Waals surface area contributed by atoms with Gasteiger partial charge in [-0.3, -0.25) is 0 Å². The van der Waals surface area contributed by atoms with Gasteiger partial charge in [0, 0.05) is 0 Å². The lowest BCUT2D eigenvalue weighted by Crippen LogP contribution is -1.92. The lowest BCUT2D eigenvalue weighted by molar-refractivity contribution is 1.68. The van der Waals surface area contributed by atoms with Crippen LogP contribution < -0.4 is 0 Å². The smallest absolute Gasteiger partial charge is 0.00201 e. The van der Waals surface area contributed by atoms with Gasteiger partial charge in [-0.25, -0.2) is 0 Å². The lowest BCUT2D eigenvalue weighted by atomic mass is 9.84. The number of fused-ring (bicyclic) bond motifs is 7. The molecule has 48 heavy (non-hydrogen) atoms. The van der Waals surface area contributed by atoms with Crippen molar-refractivity contribution < 1.29 is 0 Å². The Morgan fingerprint density at radius 3 is 1.29 bits per heavy atom. The molecule has 0 fully saturated rings. The highest BCUT2D eigenvalue weighted by molar-refractivity contribution is 6.24. The predicted molar refractivity (Wildman–Crippen MR) is 208 cm³/mol. The standard InChI is InChI=1S/C48H30/c1-3-17-35-31(13-1)15-11-25-37(35)46-29-33-27-28-34(30-45(33)38-19-5-6-20-39(38)46)47-41-21-7-9-23-43(41)48(44-24-10-8-22-42(44)47)40-26-12-16-32-14-2-4-18-36(32)40/h1-30H. The molecule has 0 atom stereocenters. The molecule has 0 saturated heterocycles. The predicted octanol–water partition coefficient (Wildman–Crippen LogP) is 13.6. The van der Waals surface area contributed by atoms with Gasteiger partial charge in [0.15, 0.2) is 0 Å². The molecular formula is C48H30. The number of benzene rings is 10. The van der Waals surface area contributed by atoms with Gasteiger partial charge in [-0.15, -0.1) is 0 Å². The Kier molecular flexibility index (Phi) is 5.98. The van der Waals surface area contributed by atoms with Crippen molar-refractivity contribution in [3.63, 3.8) is 0 Å². The first-order chi connectivity index (χ1) is 23.8. The molecule has 0 aliphatic heterocycles. The van der Waals surface area contributed by atoms with Crippen LogP contribution in [0.15, 0.2) is 182 Å². The molecular weight excluding hydrogens is 577 g/mol. The largest absolute Gasteiger partial charge is 0.0616 e. The minimum Gasteiger partial charge on any atom is -0.0616 e. The maximum atomic E-state index is 2.43.